The summed E-state index contributed by atoms with van der Waals surface area (Å²) in [6.45, 7) is 8.80. The van der Waals surface area contributed by atoms with E-state index in [0.29, 0.717) is 6.04 Å². The van der Waals surface area contributed by atoms with Crippen LogP contribution in [0.4, 0.5) is 11.4 Å². The largest absolute Gasteiger partial charge is 0.382 e. The third-order valence-corrected chi connectivity index (χ3v) is 3.71. The molecule has 1 heterocycles. The maximum Gasteiger partial charge on any atom is 0.0367 e. The van der Waals surface area contributed by atoms with Crippen LogP contribution in [0.25, 0.3) is 0 Å². The predicted molar refractivity (Wildman–Crippen MR) is 79.5 cm³/mol. The Morgan fingerprint density at radius 1 is 1.11 bits per heavy atom. The quantitative estimate of drug-likeness (QED) is 0.837. The molecule has 0 aliphatic carbocycles. The number of nitrogens with one attached hydrogen (secondary N) is 2. The van der Waals surface area contributed by atoms with Gasteiger partial charge < -0.3 is 15.5 Å². The summed E-state index contributed by atoms with van der Waals surface area (Å²) in [4.78, 5) is 2.37. The van der Waals surface area contributed by atoms with E-state index >= 15 is 0 Å². The van der Waals surface area contributed by atoms with Crippen molar-refractivity contribution in [2.24, 2.45) is 0 Å². The Bertz CT molecular complexity index is 337. The van der Waals surface area contributed by atoms with Crippen LogP contribution < -0.4 is 15.5 Å². The first-order valence-corrected chi connectivity index (χ1v) is 7.15. The van der Waals surface area contributed by atoms with Crippen LogP contribution in [0.1, 0.15) is 26.7 Å². The molecule has 0 unspecified atom stereocenters. The molecule has 0 aromatic heterocycles. The number of nitrogens with zero attached hydrogens (tertiary/aromatic N) is 1. The molecule has 0 radical (unpaired) electrons. The normalized spacial score (nSPS) is 16.6. The van der Waals surface area contributed by atoms with Gasteiger partial charge in [-0.2, -0.15) is 0 Å². The van der Waals surface area contributed by atoms with Gasteiger partial charge in [0.15, 0.2) is 0 Å². The van der Waals surface area contributed by atoms with E-state index in [1.54, 1.807) is 0 Å². The molecule has 18 heavy (non-hydrogen) atoms. The fourth-order valence-corrected chi connectivity index (χ4v) is 2.56. The third-order valence-electron chi connectivity index (χ3n) is 3.71. The van der Waals surface area contributed by atoms with Gasteiger partial charge in [0.25, 0.3) is 0 Å². The minimum atomic E-state index is 0.630. The maximum atomic E-state index is 3.62. The lowest BCUT2D eigenvalue weighted by Crippen LogP contribution is -2.35. The fraction of sp³-hybridized carbons (Fsp3) is 0.600. The van der Waals surface area contributed by atoms with E-state index < -0.39 is 0 Å². The van der Waals surface area contributed by atoms with Crippen molar-refractivity contribution in [3.63, 3.8) is 0 Å². The van der Waals surface area contributed by atoms with Gasteiger partial charge in [0, 0.05) is 30.5 Å². The highest BCUT2D eigenvalue weighted by atomic mass is 15.1. The summed E-state index contributed by atoms with van der Waals surface area (Å²) in [6, 6.07) is 9.48. The molecule has 1 fully saturated rings. The van der Waals surface area contributed by atoms with Gasteiger partial charge in [-0.25, -0.2) is 0 Å². The Labute approximate surface area is 111 Å². The van der Waals surface area contributed by atoms with E-state index in [1.165, 1.54) is 24.2 Å². The Morgan fingerprint density at radius 3 is 2.28 bits per heavy atom. The number of piperidine rings is 1. The molecule has 2 rings (SSSR count). The molecule has 0 atom stereocenters. The highest BCUT2D eigenvalue weighted by molar-refractivity contribution is 5.55. The zero-order valence-corrected chi connectivity index (χ0v) is 11.6. The maximum absolute atomic E-state index is 3.62. The molecular formula is C15H25N3. The van der Waals surface area contributed by atoms with Crippen molar-refractivity contribution < 1.29 is 0 Å². The number of hydrogen-bond acceptors (Lipinski definition) is 3. The van der Waals surface area contributed by atoms with Gasteiger partial charge in [-0.15, -0.1) is 0 Å². The standard InChI is InChI=1S/C15H25N3/c1-3-18(4-2)15-7-5-13(6-8-15)17-14-9-11-16-12-10-14/h5-8,14,16-17H,3-4,9-12H2,1-2H3. The second kappa shape index (κ2) is 6.64. The zero-order chi connectivity index (χ0) is 12.8. The molecule has 100 valence electrons. The molecule has 1 aromatic rings. The molecule has 1 saturated heterocycles. The van der Waals surface area contributed by atoms with Crippen LogP contribution in [-0.2, 0) is 0 Å². The van der Waals surface area contributed by atoms with Crippen molar-refractivity contribution in [1.82, 2.24) is 5.32 Å². The molecule has 1 aliphatic heterocycles. The number of hydrogen-bond donors (Lipinski definition) is 2. The molecule has 0 saturated carbocycles. The number of rotatable bonds is 5. The van der Waals surface area contributed by atoms with Crippen LogP contribution in [0.5, 0.6) is 0 Å². The van der Waals surface area contributed by atoms with Crippen molar-refractivity contribution in [3.05, 3.63) is 24.3 Å². The van der Waals surface area contributed by atoms with Crippen molar-refractivity contribution in [1.29, 1.82) is 0 Å². The molecular weight excluding hydrogens is 222 g/mol. The SMILES string of the molecule is CCN(CC)c1ccc(NC2CCNCC2)cc1. The smallest absolute Gasteiger partial charge is 0.0367 e. The zero-order valence-electron chi connectivity index (χ0n) is 11.6. The lowest BCUT2D eigenvalue weighted by Gasteiger charge is -2.25. The minimum absolute atomic E-state index is 0.630. The van der Waals surface area contributed by atoms with E-state index in [1.807, 2.05) is 0 Å². The molecule has 1 aromatic carbocycles. The van der Waals surface area contributed by atoms with Gasteiger partial charge in [-0.05, 0) is 64.0 Å². The van der Waals surface area contributed by atoms with Gasteiger partial charge in [0.2, 0.25) is 0 Å². The summed E-state index contributed by atoms with van der Waals surface area (Å²) < 4.78 is 0. The molecule has 0 amide bonds. The minimum Gasteiger partial charge on any atom is -0.382 e. The van der Waals surface area contributed by atoms with Crippen LogP contribution in [0.15, 0.2) is 24.3 Å². The highest BCUT2D eigenvalue weighted by Gasteiger charge is 2.12. The van der Waals surface area contributed by atoms with Crippen molar-refractivity contribution >= 4 is 11.4 Å². The van der Waals surface area contributed by atoms with Crippen molar-refractivity contribution in [2.75, 3.05) is 36.4 Å². The van der Waals surface area contributed by atoms with E-state index in [9.17, 15) is 0 Å². The first kappa shape index (κ1) is 13.2. The molecule has 3 heteroatoms. The van der Waals surface area contributed by atoms with Gasteiger partial charge in [0.05, 0.1) is 0 Å². The van der Waals surface area contributed by atoms with Gasteiger partial charge in [0.1, 0.15) is 0 Å². The average Bonchev–Trinajstić information content (AvgIpc) is 2.43. The number of anilines is 2. The summed E-state index contributed by atoms with van der Waals surface area (Å²) in [5.74, 6) is 0. The van der Waals surface area contributed by atoms with Crippen LogP contribution in [-0.4, -0.2) is 32.2 Å². The molecule has 0 bridgehead atoms. The van der Waals surface area contributed by atoms with E-state index in [4.69, 9.17) is 0 Å². The predicted octanol–water partition coefficient (Wildman–Crippen LogP) is 2.70. The van der Waals surface area contributed by atoms with Crippen LogP contribution in [0.2, 0.25) is 0 Å². The van der Waals surface area contributed by atoms with Crippen LogP contribution in [0.3, 0.4) is 0 Å². The van der Waals surface area contributed by atoms with Gasteiger partial charge in [-0.1, -0.05) is 0 Å². The Kier molecular flexibility index (Phi) is 4.88. The molecule has 3 nitrogen and oxygen atoms in total. The first-order chi connectivity index (χ1) is 8.83. The topological polar surface area (TPSA) is 27.3 Å². The molecule has 1 aliphatic rings. The lowest BCUT2D eigenvalue weighted by molar-refractivity contribution is 0.479. The monoisotopic (exact) mass is 247 g/mol. The van der Waals surface area contributed by atoms with Gasteiger partial charge in [-0.3, -0.25) is 0 Å². The van der Waals surface area contributed by atoms with Gasteiger partial charge >= 0.3 is 0 Å². The summed E-state index contributed by atoms with van der Waals surface area (Å²) in [5.41, 5.74) is 2.56. The van der Waals surface area contributed by atoms with E-state index in [0.717, 1.165) is 26.2 Å². The summed E-state index contributed by atoms with van der Waals surface area (Å²) in [5, 5.41) is 7.02. The molecule has 2 N–H and O–H groups in total. The summed E-state index contributed by atoms with van der Waals surface area (Å²) in [6.07, 6.45) is 2.44. The Morgan fingerprint density at radius 2 is 1.72 bits per heavy atom. The fourth-order valence-electron chi connectivity index (χ4n) is 2.56. The highest BCUT2D eigenvalue weighted by Crippen LogP contribution is 2.19. The van der Waals surface area contributed by atoms with Crippen molar-refractivity contribution in [3.8, 4) is 0 Å². The third kappa shape index (κ3) is 3.39. The van der Waals surface area contributed by atoms with E-state index in [2.05, 4.69) is 53.6 Å². The second-order valence-electron chi connectivity index (χ2n) is 4.89. The first-order valence-electron chi connectivity index (χ1n) is 7.15. The van der Waals surface area contributed by atoms with E-state index in [-0.39, 0.29) is 0 Å². The van der Waals surface area contributed by atoms with Crippen LogP contribution in [0, 0.1) is 0 Å². The Hall–Kier alpha value is -1.22. The number of benzene rings is 1. The van der Waals surface area contributed by atoms with Crippen molar-refractivity contribution in [2.45, 2.75) is 32.7 Å². The second-order valence-corrected chi connectivity index (χ2v) is 4.89. The lowest BCUT2D eigenvalue weighted by atomic mass is 10.1. The Balaban J connectivity index is 1.94. The summed E-state index contributed by atoms with van der Waals surface area (Å²) >= 11 is 0. The average molecular weight is 247 g/mol. The summed E-state index contributed by atoms with van der Waals surface area (Å²) in [7, 11) is 0. The van der Waals surface area contributed by atoms with Crippen LogP contribution >= 0.6 is 0 Å². The molecule has 0 spiro atoms.